The van der Waals surface area contributed by atoms with Gasteiger partial charge in [0.25, 0.3) is 0 Å². The van der Waals surface area contributed by atoms with Crippen molar-refractivity contribution in [2.75, 3.05) is 23.9 Å². The first-order chi connectivity index (χ1) is 8.11. The summed E-state index contributed by atoms with van der Waals surface area (Å²) in [6.07, 6.45) is 7.25. The molecule has 0 spiro atoms. The second-order valence-electron chi connectivity index (χ2n) is 5.04. The Hall–Kier alpha value is -0.970. The number of nitrogen functional groups attached to an aromatic ring is 1. The number of hydrogen-bond acceptors (Lipinski definition) is 5. The Morgan fingerprint density at radius 3 is 2.76 bits per heavy atom. The minimum Gasteiger partial charge on any atom is -0.383 e. The van der Waals surface area contributed by atoms with Crippen molar-refractivity contribution >= 4 is 23.4 Å². The molecule has 1 heterocycles. The van der Waals surface area contributed by atoms with E-state index in [1.165, 1.54) is 37.4 Å². The summed E-state index contributed by atoms with van der Waals surface area (Å²) in [6, 6.07) is 1.80. The second-order valence-corrected chi connectivity index (χ2v) is 5.81. The topological polar surface area (TPSA) is 63.8 Å². The number of nitrogens with one attached hydrogen (secondary N) is 1. The Balaban J connectivity index is 2.00. The van der Waals surface area contributed by atoms with E-state index in [-0.39, 0.29) is 0 Å². The molecular weight excluding hydrogens is 232 g/mol. The van der Waals surface area contributed by atoms with Crippen LogP contribution in [0.25, 0.3) is 0 Å². The average molecular weight is 252 g/mol. The molecule has 0 saturated heterocycles. The first kappa shape index (κ1) is 12.5. The summed E-state index contributed by atoms with van der Waals surface area (Å²) in [5, 5.41) is 4.12. The zero-order chi connectivity index (χ0) is 12.3. The molecular formula is C12H20N4S. The molecule has 0 amide bonds. The quantitative estimate of drug-likeness (QED) is 0.637. The van der Waals surface area contributed by atoms with E-state index in [0.29, 0.717) is 11.2 Å². The predicted octanol–water partition coefficient (Wildman–Crippen LogP) is 2.77. The first-order valence-electron chi connectivity index (χ1n) is 6.04. The van der Waals surface area contributed by atoms with Gasteiger partial charge in [-0.2, -0.15) is 0 Å². The Morgan fingerprint density at radius 2 is 2.12 bits per heavy atom. The van der Waals surface area contributed by atoms with Crippen molar-refractivity contribution in [1.82, 2.24) is 9.97 Å². The number of nitrogens with two attached hydrogens (primary N) is 1. The van der Waals surface area contributed by atoms with Gasteiger partial charge in [-0.15, -0.1) is 0 Å². The molecule has 5 heteroatoms. The molecule has 3 N–H and O–H groups in total. The fourth-order valence-electron chi connectivity index (χ4n) is 2.33. The highest BCUT2D eigenvalue weighted by molar-refractivity contribution is 7.98. The van der Waals surface area contributed by atoms with Crippen molar-refractivity contribution in [2.45, 2.75) is 37.8 Å². The number of thioether (sulfide) groups is 1. The van der Waals surface area contributed by atoms with Crippen molar-refractivity contribution in [3.8, 4) is 0 Å². The molecule has 1 fully saturated rings. The maximum Gasteiger partial charge on any atom is 0.191 e. The predicted molar refractivity (Wildman–Crippen MR) is 73.3 cm³/mol. The lowest BCUT2D eigenvalue weighted by Crippen LogP contribution is -2.23. The molecule has 0 aromatic carbocycles. The van der Waals surface area contributed by atoms with Gasteiger partial charge in [0.15, 0.2) is 5.16 Å². The lowest BCUT2D eigenvalue weighted by Gasteiger charge is -2.24. The Bertz CT molecular complexity index is 388. The number of anilines is 2. The van der Waals surface area contributed by atoms with Crippen molar-refractivity contribution in [3.05, 3.63) is 6.07 Å². The number of hydrogen-bond donors (Lipinski definition) is 2. The largest absolute Gasteiger partial charge is 0.383 e. The second kappa shape index (κ2) is 5.12. The van der Waals surface area contributed by atoms with E-state index in [2.05, 4.69) is 22.2 Å². The summed E-state index contributed by atoms with van der Waals surface area (Å²) < 4.78 is 0. The lowest BCUT2D eigenvalue weighted by molar-refractivity contribution is 0.361. The number of nitrogens with zero attached hydrogens (tertiary/aromatic N) is 2. The smallest absolute Gasteiger partial charge is 0.191 e. The molecule has 0 aliphatic heterocycles. The monoisotopic (exact) mass is 252 g/mol. The van der Waals surface area contributed by atoms with Crippen LogP contribution < -0.4 is 11.1 Å². The van der Waals surface area contributed by atoms with Gasteiger partial charge in [-0.05, 0) is 24.5 Å². The van der Waals surface area contributed by atoms with Gasteiger partial charge in [0.2, 0.25) is 0 Å². The van der Waals surface area contributed by atoms with E-state index >= 15 is 0 Å². The number of aromatic nitrogens is 2. The van der Waals surface area contributed by atoms with Crippen LogP contribution in [0.5, 0.6) is 0 Å². The average Bonchev–Trinajstić information content (AvgIpc) is 2.73. The Kier molecular flexibility index (Phi) is 3.76. The van der Waals surface area contributed by atoms with Gasteiger partial charge in [0.05, 0.1) is 0 Å². The van der Waals surface area contributed by atoms with Crippen LogP contribution in [0.15, 0.2) is 11.2 Å². The summed E-state index contributed by atoms with van der Waals surface area (Å²) >= 11 is 1.51. The molecule has 1 aromatic heterocycles. The molecule has 17 heavy (non-hydrogen) atoms. The molecule has 0 bridgehead atoms. The summed E-state index contributed by atoms with van der Waals surface area (Å²) in [5.41, 5.74) is 6.16. The van der Waals surface area contributed by atoms with E-state index in [1.54, 1.807) is 6.07 Å². The third-order valence-electron chi connectivity index (χ3n) is 3.41. The minimum atomic E-state index is 0.416. The van der Waals surface area contributed by atoms with Crippen LogP contribution in [-0.4, -0.2) is 22.8 Å². The Labute approximate surface area is 107 Å². The van der Waals surface area contributed by atoms with Crippen molar-refractivity contribution < 1.29 is 0 Å². The normalized spacial score (nSPS) is 18.2. The fraction of sp³-hybridized carbons (Fsp3) is 0.667. The van der Waals surface area contributed by atoms with Crippen LogP contribution in [0.4, 0.5) is 11.6 Å². The van der Waals surface area contributed by atoms with Gasteiger partial charge in [-0.1, -0.05) is 31.5 Å². The molecule has 1 aliphatic carbocycles. The molecule has 0 atom stereocenters. The van der Waals surface area contributed by atoms with Crippen LogP contribution in [0, 0.1) is 5.41 Å². The molecule has 2 rings (SSSR count). The van der Waals surface area contributed by atoms with E-state index in [1.807, 2.05) is 6.26 Å². The Morgan fingerprint density at radius 1 is 1.41 bits per heavy atom. The SMILES string of the molecule is CSc1nc(N)cc(NCC2(C)CCCC2)n1. The highest BCUT2D eigenvalue weighted by Gasteiger charge is 2.28. The molecule has 0 unspecified atom stereocenters. The van der Waals surface area contributed by atoms with Crippen LogP contribution in [0.1, 0.15) is 32.6 Å². The zero-order valence-corrected chi connectivity index (χ0v) is 11.3. The van der Waals surface area contributed by atoms with Crippen LogP contribution >= 0.6 is 11.8 Å². The van der Waals surface area contributed by atoms with Gasteiger partial charge in [-0.25, -0.2) is 9.97 Å². The molecule has 1 saturated carbocycles. The van der Waals surface area contributed by atoms with Crippen molar-refractivity contribution in [3.63, 3.8) is 0 Å². The molecule has 94 valence electrons. The van der Waals surface area contributed by atoms with Gasteiger partial charge < -0.3 is 11.1 Å². The first-order valence-corrected chi connectivity index (χ1v) is 7.26. The fourth-order valence-corrected chi connectivity index (χ4v) is 2.72. The molecule has 1 aromatic rings. The van der Waals surface area contributed by atoms with Gasteiger partial charge >= 0.3 is 0 Å². The molecule has 4 nitrogen and oxygen atoms in total. The van der Waals surface area contributed by atoms with Crippen LogP contribution in [0.3, 0.4) is 0 Å². The highest BCUT2D eigenvalue weighted by Crippen LogP contribution is 2.37. The third-order valence-corrected chi connectivity index (χ3v) is 3.96. The van der Waals surface area contributed by atoms with E-state index in [4.69, 9.17) is 5.73 Å². The van der Waals surface area contributed by atoms with Gasteiger partial charge in [0.1, 0.15) is 11.6 Å². The maximum atomic E-state index is 5.75. The minimum absolute atomic E-state index is 0.416. The lowest BCUT2D eigenvalue weighted by atomic mass is 9.89. The van der Waals surface area contributed by atoms with Crippen LogP contribution in [0.2, 0.25) is 0 Å². The van der Waals surface area contributed by atoms with Gasteiger partial charge in [-0.3, -0.25) is 0 Å². The summed E-state index contributed by atoms with van der Waals surface area (Å²) in [5.74, 6) is 1.37. The van der Waals surface area contributed by atoms with Crippen molar-refractivity contribution in [2.24, 2.45) is 5.41 Å². The van der Waals surface area contributed by atoms with Crippen molar-refractivity contribution in [1.29, 1.82) is 0 Å². The third kappa shape index (κ3) is 3.25. The van der Waals surface area contributed by atoms with E-state index < -0.39 is 0 Å². The van der Waals surface area contributed by atoms with E-state index in [9.17, 15) is 0 Å². The van der Waals surface area contributed by atoms with Gasteiger partial charge in [0, 0.05) is 12.6 Å². The van der Waals surface area contributed by atoms with Crippen LogP contribution in [-0.2, 0) is 0 Å². The standard InChI is InChI=1S/C12H20N4S/c1-12(5-3-4-6-12)8-14-10-7-9(13)15-11(16-10)17-2/h7H,3-6,8H2,1-2H3,(H3,13,14,15,16). The highest BCUT2D eigenvalue weighted by atomic mass is 32.2. The summed E-state index contributed by atoms with van der Waals surface area (Å²) in [6.45, 7) is 3.31. The summed E-state index contributed by atoms with van der Waals surface area (Å²) in [7, 11) is 0. The number of rotatable bonds is 4. The summed E-state index contributed by atoms with van der Waals surface area (Å²) in [4.78, 5) is 8.54. The zero-order valence-electron chi connectivity index (χ0n) is 10.5. The molecule has 1 aliphatic rings. The maximum absolute atomic E-state index is 5.75. The van der Waals surface area contributed by atoms with E-state index in [0.717, 1.165) is 17.5 Å². The molecule has 0 radical (unpaired) electrons.